The SMILES string of the molecule is Cc1cc(/C=C2\SC(=S)N(NC(=O)c3ccc(Cl)cc3)C2=O)c(C)n1-c1cccc(C(F)(F)F)c1. The topological polar surface area (TPSA) is 54.3 Å². The van der Waals surface area contributed by atoms with Gasteiger partial charge in [0, 0.05) is 27.7 Å². The standard InChI is InChI=1S/C24H17ClF3N3O2S2/c1-13-10-16(14(2)30(13)19-5-3-4-17(12-19)24(26,27)28)11-20-22(33)31(23(34)35-20)29-21(32)15-6-8-18(25)9-7-15/h3-12H,1-2H3,(H,29,32)/b20-11-. The van der Waals surface area contributed by atoms with E-state index in [1.807, 2.05) is 0 Å². The lowest BCUT2D eigenvalue weighted by Crippen LogP contribution is -2.44. The second-order valence-electron chi connectivity index (χ2n) is 7.67. The summed E-state index contributed by atoms with van der Waals surface area (Å²) in [5.41, 5.74) is 4.39. The smallest absolute Gasteiger partial charge is 0.318 e. The summed E-state index contributed by atoms with van der Waals surface area (Å²) in [5.74, 6) is -1.03. The van der Waals surface area contributed by atoms with E-state index >= 15 is 0 Å². The van der Waals surface area contributed by atoms with Gasteiger partial charge in [0.25, 0.3) is 11.8 Å². The monoisotopic (exact) mass is 535 g/mol. The van der Waals surface area contributed by atoms with E-state index in [4.69, 9.17) is 23.8 Å². The third-order valence-electron chi connectivity index (χ3n) is 5.30. The average molecular weight is 536 g/mol. The van der Waals surface area contributed by atoms with E-state index in [2.05, 4.69) is 5.43 Å². The Hall–Kier alpha value is -3.08. The number of benzene rings is 2. The molecule has 0 spiro atoms. The lowest BCUT2D eigenvalue weighted by atomic mass is 10.2. The fourth-order valence-corrected chi connectivity index (χ4v) is 4.92. The highest BCUT2D eigenvalue weighted by molar-refractivity contribution is 8.26. The van der Waals surface area contributed by atoms with E-state index in [9.17, 15) is 22.8 Å². The highest BCUT2D eigenvalue weighted by Crippen LogP contribution is 2.34. The molecule has 0 radical (unpaired) electrons. The number of hydrogen-bond acceptors (Lipinski definition) is 4. The van der Waals surface area contributed by atoms with Crippen LogP contribution < -0.4 is 5.43 Å². The van der Waals surface area contributed by atoms with Gasteiger partial charge >= 0.3 is 6.18 Å². The third kappa shape index (κ3) is 5.14. The summed E-state index contributed by atoms with van der Waals surface area (Å²) in [7, 11) is 0. The summed E-state index contributed by atoms with van der Waals surface area (Å²) in [6.45, 7) is 3.52. The number of hydrazine groups is 1. The predicted molar refractivity (Wildman–Crippen MR) is 134 cm³/mol. The van der Waals surface area contributed by atoms with E-state index in [0.717, 1.165) is 28.9 Å². The van der Waals surface area contributed by atoms with Crippen LogP contribution >= 0.6 is 35.6 Å². The zero-order chi connectivity index (χ0) is 25.5. The van der Waals surface area contributed by atoms with E-state index < -0.39 is 23.6 Å². The van der Waals surface area contributed by atoms with Crippen LogP contribution in [0.15, 0.2) is 59.5 Å². The normalized spacial score (nSPS) is 15.3. The molecule has 35 heavy (non-hydrogen) atoms. The summed E-state index contributed by atoms with van der Waals surface area (Å²) in [4.78, 5) is 25.7. The third-order valence-corrected chi connectivity index (χ3v) is 6.86. The van der Waals surface area contributed by atoms with Crippen LogP contribution in [0.1, 0.15) is 32.9 Å². The number of amides is 2. The van der Waals surface area contributed by atoms with Crippen molar-refractivity contribution in [2.24, 2.45) is 0 Å². The molecule has 180 valence electrons. The van der Waals surface area contributed by atoms with Crippen LogP contribution in [-0.2, 0) is 11.0 Å². The van der Waals surface area contributed by atoms with Gasteiger partial charge in [0.15, 0.2) is 4.32 Å². The quantitative estimate of drug-likeness (QED) is 0.314. The Balaban J connectivity index is 1.60. The van der Waals surface area contributed by atoms with Gasteiger partial charge in [-0.05, 0) is 86.2 Å². The van der Waals surface area contributed by atoms with Crippen molar-refractivity contribution in [2.75, 3.05) is 0 Å². The number of thioether (sulfide) groups is 1. The number of aromatic nitrogens is 1. The summed E-state index contributed by atoms with van der Waals surface area (Å²) in [6.07, 6.45) is -2.85. The van der Waals surface area contributed by atoms with Gasteiger partial charge in [0.1, 0.15) is 0 Å². The first-order valence-electron chi connectivity index (χ1n) is 10.2. The Labute approximate surface area is 213 Å². The number of rotatable bonds is 4. The average Bonchev–Trinajstić information content (AvgIpc) is 3.22. The molecule has 0 atom stereocenters. The number of alkyl halides is 3. The first kappa shape index (κ1) is 25.0. The molecule has 1 saturated heterocycles. The molecule has 3 aromatic rings. The molecular formula is C24H17ClF3N3O2S2. The Morgan fingerprint density at radius 1 is 1.11 bits per heavy atom. The largest absolute Gasteiger partial charge is 0.416 e. The van der Waals surface area contributed by atoms with Crippen LogP contribution in [-0.4, -0.2) is 25.7 Å². The van der Waals surface area contributed by atoms with E-state index in [-0.39, 0.29) is 9.23 Å². The number of thiocarbonyl (C=S) groups is 1. The Morgan fingerprint density at radius 3 is 2.46 bits per heavy atom. The van der Waals surface area contributed by atoms with Gasteiger partial charge in [-0.1, -0.05) is 29.4 Å². The van der Waals surface area contributed by atoms with Crippen molar-refractivity contribution in [3.8, 4) is 5.69 Å². The minimum absolute atomic E-state index is 0.148. The zero-order valence-electron chi connectivity index (χ0n) is 18.3. The maximum atomic E-state index is 13.2. The highest BCUT2D eigenvalue weighted by atomic mass is 35.5. The molecule has 1 aliphatic heterocycles. The molecule has 0 aliphatic carbocycles. The van der Waals surface area contributed by atoms with Crippen LogP contribution in [0.25, 0.3) is 11.8 Å². The van der Waals surface area contributed by atoms with Crippen LogP contribution in [0.5, 0.6) is 0 Å². The molecule has 1 N–H and O–H groups in total. The molecule has 1 aliphatic rings. The Kier molecular flexibility index (Phi) is 6.81. The first-order chi connectivity index (χ1) is 16.5. The minimum atomic E-state index is -4.46. The summed E-state index contributed by atoms with van der Waals surface area (Å²) < 4.78 is 41.4. The zero-order valence-corrected chi connectivity index (χ0v) is 20.7. The summed E-state index contributed by atoms with van der Waals surface area (Å²) >= 11 is 12.1. The van der Waals surface area contributed by atoms with Gasteiger partial charge in [0.2, 0.25) is 0 Å². The number of hydrogen-bond donors (Lipinski definition) is 1. The molecule has 0 bridgehead atoms. The molecule has 2 amide bonds. The molecule has 5 nitrogen and oxygen atoms in total. The molecule has 2 heterocycles. The lowest BCUT2D eigenvalue weighted by molar-refractivity contribution is -0.137. The second kappa shape index (κ2) is 9.52. The van der Waals surface area contributed by atoms with Gasteiger partial charge in [-0.3, -0.25) is 15.0 Å². The van der Waals surface area contributed by atoms with E-state index in [1.54, 1.807) is 48.8 Å². The van der Waals surface area contributed by atoms with Crippen molar-refractivity contribution < 1.29 is 22.8 Å². The fraction of sp³-hybridized carbons (Fsp3) is 0.125. The maximum absolute atomic E-state index is 13.2. The number of carbonyl (C=O) groups is 2. The predicted octanol–water partition coefficient (Wildman–Crippen LogP) is 6.31. The van der Waals surface area contributed by atoms with E-state index in [0.29, 0.717) is 33.2 Å². The van der Waals surface area contributed by atoms with Crippen LogP contribution in [0.4, 0.5) is 13.2 Å². The Morgan fingerprint density at radius 2 is 1.80 bits per heavy atom. The van der Waals surface area contributed by atoms with E-state index in [1.165, 1.54) is 18.2 Å². The molecule has 1 fully saturated rings. The van der Waals surface area contributed by atoms with Crippen molar-refractivity contribution in [3.63, 3.8) is 0 Å². The fourth-order valence-electron chi connectivity index (χ4n) is 3.63. The van der Waals surface area contributed by atoms with Gasteiger partial charge in [0.05, 0.1) is 10.5 Å². The molecule has 1 aromatic heterocycles. The summed E-state index contributed by atoms with van der Waals surface area (Å²) in [6, 6.07) is 13.0. The molecule has 4 rings (SSSR count). The molecule has 2 aromatic carbocycles. The number of nitrogens with one attached hydrogen (secondary N) is 1. The van der Waals surface area contributed by atoms with Crippen molar-refractivity contribution in [1.82, 2.24) is 15.0 Å². The van der Waals surface area contributed by atoms with Crippen LogP contribution in [0.3, 0.4) is 0 Å². The number of aryl methyl sites for hydroxylation is 1. The van der Waals surface area contributed by atoms with Gasteiger partial charge in [-0.2, -0.15) is 18.2 Å². The maximum Gasteiger partial charge on any atom is 0.416 e. The molecule has 0 unspecified atom stereocenters. The van der Waals surface area contributed by atoms with Crippen molar-refractivity contribution >= 4 is 57.8 Å². The highest BCUT2D eigenvalue weighted by Gasteiger charge is 2.34. The number of nitrogens with zero attached hydrogens (tertiary/aromatic N) is 2. The number of halogens is 4. The van der Waals surface area contributed by atoms with Gasteiger partial charge in [-0.25, -0.2) is 0 Å². The van der Waals surface area contributed by atoms with Crippen molar-refractivity contribution in [1.29, 1.82) is 0 Å². The second-order valence-corrected chi connectivity index (χ2v) is 9.79. The van der Waals surface area contributed by atoms with Crippen LogP contribution in [0, 0.1) is 13.8 Å². The van der Waals surface area contributed by atoms with Gasteiger partial charge < -0.3 is 4.57 Å². The minimum Gasteiger partial charge on any atom is -0.318 e. The van der Waals surface area contributed by atoms with Crippen LogP contribution in [0.2, 0.25) is 5.02 Å². The summed E-state index contributed by atoms with van der Waals surface area (Å²) in [5, 5.41) is 1.47. The van der Waals surface area contributed by atoms with Gasteiger partial charge in [-0.15, -0.1) is 0 Å². The molecular weight excluding hydrogens is 519 g/mol. The lowest BCUT2D eigenvalue weighted by Gasteiger charge is -2.15. The van der Waals surface area contributed by atoms with Crippen molar-refractivity contribution in [3.05, 3.63) is 92.6 Å². The molecule has 11 heteroatoms. The number of carbonyl (C=O) groups excluding carboxylic acids is 2. The molecule has 0 saturated carbocycles. The van der Waals surface area contributed by atoms with Crippen molar-refractivity contribution in [2.45, 2.75) is 20.0 Å². The Bertz CT molecular complexity index is 1380. The first-order valence-corrected chi connectivity index (χ1v) is 11.8.